The van der Waals surface area contributed by atoms with Crippen LogP contribution >= 0.6 is 0 Å². The van der Waals surface area contributed by atoms with Gasteiger partial charge in [0.05, 0.1) is 12.0 Å². The maximum Gasteiger partial charge on any atom is 0.229 e. The van der Waals surface area contributed by atoms with E-state index in [-0.39, 0.29) is 24.0 Å². The maximum atomic E-state index is 12.3. The zero-order valence-corrected chi connectivity index (χ0v) is 12.7. The largest absolute Gasteiger partial charge is 0.491 e. The lowest BCUT2D eigenvalue weighted by Gasteiger charge is -2.17. The Hall–Kier alpha value is -1.55. The summed E-state index contributed by atoms with van der Waals surface area (Å²) in [5.74, 6) is 0.996. The van der Waals surface area contributed by atoms with Crippen molar-refractivity contribution in [2.45, 2.75) is 46.3 Å². The van der Waals surface area contributed by atoms with Crippen molar-refractivity contribution in [3.8, 4) is 5.75 Å². The molecular formula is C16H24N2O2. The minimum Gasteiger partial charge on any atom is -0.491 e. The molecule has 0 spiro atoms. The summed E-state index contributed by atoms with van der Waals surface area (Å²) in [7, 11) is 0. The molecule has 2 atom stereocenters. The van der Waals surface area contributed by atoms with Gasteiger partial charge in [-0.25, -0.2) is 0 Å². The SMILES string of the molecule is Cc1cc(OC(C)C)ccc1NC(=O)C1CCNC1C. The number of amides is 1. The second kappa shape index (κ2) is 6.27. The summed E-state index contributed by atoms with van der Waals surface area (Å²) in [5.41, 5.74) is 1.89. The number of hydrogen-bond acceptors (Lipinski definition) is 3. The van der Waals surface area contributed by atoms with Crippen LogP contribution in [0.4, 0.5) is 5.69 Å². The Morgan fingerprint density at radius 1 is 1.45 bits per heavy atom. The molecule has 1 fully saturated rings. The number of rotatable bonds is 4. The molecule has 0 bridgehead atoms. The van der Waals surface area contributed by atoms with E-state index in [0.717, 1.165) is 30.0 Å². The number of carbonyl (C=O) groups is 1. The fraction of sp³-hybridized carbons (Fsp3) is 0.562. The van der Waals surface area contributed by atoms with E-state index >= 15 is 0 Å². The van der Waals surface area contributed by atoms with Gasteiger partial charge in [0.15, 0.2) is 0 Å². The van der Waals surface area contributed by atoms with Crippen molar-refractivity contribution >= 4 is 11.6 Å². The van der Waals surface area contributed by atoms with Crippen LogP contribution in [0.3, 0.4) is 0 Å². The number of benzene rings is 1. The van der Waals surface area contributed by atoms with Gasteiger partial charge in [0.1, 0.15) is 5.75 Å². The minimum atomic E-state index is 0.0565. The smallest absolute Gasteiger partial charge is 0.229 e. The van der Waals surface area contributed by atoms with Crippen LogP contribution in [0.5, 0.6) is 5.75 Å². The summed E-state index contributed by atoms with van der Waals surface area (Å²) in [5, 5.41) is 6.33. The monoisotopic (exact) mass is 276 g/mol. The molecule has 4 nitrogen and oxygen atoms in total. The molecule has 4 heteroatoms. The first-order valence-corrected chi connectivity index (χ1v) is 7.29. The van der Waals surface area contributed by atoms with Gasteiger partial charge in [-0.3, -0.25) is 4.79 Å². The number of aryl methyl sites for hydroxylation is 1. The number of anilines is 1. The fourth-order valence-electron chi connectivity index (χ4n) is 2.56. The average Bonchev–Trinajstić information content (AvgIpc) is 2.78. The lowest BCUT2D eigenvalue weighted by molar-refractivity contribution is -0.120. The average molecular weight is 276 g/mol. The molecule has 110 valence electrons. The summed E-state index contributed by atoms with van der Waals surface area (Å²) in [4.78, 5) is 12.3. The molecule has 1 aromatic carbocycles. The maximum absolute atomic E-state index is 12.3. The predicted octanol–water partition coefficient (Wildman–Crippen LogP) is 2.72. The number of nitrogens with one attached hydrogen (secondary N) is 2. The molecule has 1 heterocycles. The van der Waals surface area contributed by atoms with Gasteiger partial charge in [-0.2, -0.15) is 0 Å². The lowest BCUT2D eigenvalue weighted by atomic mass is 10.0. The highest BCUT2D eigenvalue weighted by molar-refractivity contribution is 5.94. The van der Waals surface area contributed by atoms with Gasteiger partial charge in [0, 0.05) is 11.7 Å². The van der Waals surface area contributed by atoms with Gasteiger partial charge in [-0.15, -0.1) is 0 Å². The molecule has 1 aromatic rings. The van der Waals surface area contributed by atoms with E-state index in [4.69, 9.17) is 4.74 Å². The van der Waals surface area contributed by atoms with Crippen LogP contribution in [-0.4, -0.2) is 24.6 Å². The van der Waals surface area contributed by atoms with Crippen LogP contribution < -0.4 is 15.4 Å². The summed E-state index contributed by atoms with van der Waals surface area (Å²) in [6.45, 7) is 8.96. The van der Waals surface area contributed by atoms with Gasteiger partial charge in [0.25, 0.3) is 0 Å². The second-order valence-corrected chi connectivity index (χ2v) is 5.77. The van der Waals surface area contributed by atoms with E-state index in [0.29, 0.717) is 0 Å². The van der Waals surface area contributed by atoms with Crippen molar-refractivity contribution in [1.29, 1.82) is 0 Å². The number of carbonyl (C=O) groups excluding carboxylic acids is 1. The Morgan fingerprint density at radius 2 is 2.20 bits per heavy atom. The summed E-state index contributed by atoms with van der Waals surface area (Å²) >= 11 is 0. The first-order valence-electron chi connectivity index (χ1n) is 7.29. The van der Waals surface area contributed by atoms with Gasteiger partial charge in [0.2, 0.25) is 5.91 Å². The van der Waals surface area contributed by atoms with Gasteiger partial charge in [-0.05, 0) is 64.4 Å². The Morgan fingerprint density at radius 3 is 2.75 bits per heavy atom. The summed E-state index contributed by atoms with van der Waals surface area (Å²) in [6, 6.07) is 6.03. The summed E-state index contributed by atoms with van der Waals surface area (Å²) < 4.78 is 5.65. The quantitative estimate of drug-likeness (QED) is 0.889. The van der Waals surface area contributed by atoms with Crippen molar-refractivity contribution < 1.29 is 9.53 Å². The number of hydrogen-bond donors (Lipinski definition) is 2. The minimum absolute atomic E-state index is 0.0565. The van der Waals surface area contributed by atoms with E-state index in [9.17, 15) is 4.79 Å². The normalized spacial score (nSPS) is 22.1. The molecule has 1 aliphatic rings. The van der Waals surface area contributed by atoms with Crippen molar-refractivity contribution in [1.82, 2.24) is 5.32 Å². The zero-order chi connectivity index (χ0) is 14.7. The molecule has 1 aliphatic heterocycles. The third kappa shape index (κ3) is 3.51. The van der Waals surface area contributed by atoms with Crippen LogP contribution in [0.2, 0.25) is 0 Å². The first kappa shape index (κ1) is 14.9. The Labute approximate surface area is 120 Å². The molecule has 0 aromatic heterocycles. The molecule has 1 saturated heterocycles. The number of ether oxygens (including phenoxy) is 1. The highest BCUT2D eigenvalue weighted by atomic mass is 16.5. The summed E-state index contributed by atoms with van der Waals surface area (Å²) in [6.07, 6.45) is 1.06. The molecule has 2 rings (SSSR count). The van der Waals surface area contributed by atoms with Crippen LogP contribution in [0.25, 0.3) is 0 Å². The predicted molar refractivity (Wildman–Crippen MR) is 81.1 cm³/mol. The molecule has 0 saturated carbocycles. The van der Waals surface area contributed by atoms with Crippen molar-refractivity contribution in [3.05, 3.63) is 23.8 Å². The molecular weight excluding hydrogens is 252 g/mol. The molecule has 20 heavy (non-hydrogen) atoms. The van der Waals surface area contributed by atoms with E-state index in [1.165, 1.54) is 0 Å². The van der Waals surface area contributed by atoms with E-state index in [2.05, 4.69) is 17.6 Å². The first-order chi connectivity index (χ1) is 9.47. The third-order valence-corrected chi connectivity index (χ3v) is 3.69. The molecule has 0 radical (unpaired) electrons. The highest BCUT2D eigenvalue weighted by Crippen LogP contribution is 2.24. The fourth-order valence-corrected chi connectivity index (χ4v) is 2.56. The Kier molecular flexibility index (Phi) is 4.65. The van der Waals surface area contributed by atoms with Crippen molar-refractivity contribution in [2.24, 2.45) is 5.92 Å². The van der Waals surface area contributed by atoms with Crippen molar-refractivity contribution in [3.63, 3.8) is 0 Å². The van der Waals surface area contributed by atoms with Gasteiger partial charge < -0.3 is 15.4 Å². The van der Waals surface area contributed by atoms with Crippen LogP contribution in [-0.2, 0) is 4.79 Å². The van der Waals surface area contributed by atoms with E-state index in [1.54, 1.807) is 0 Å². The third-order valence-electron chi connectivity index (χ3n) is 3.69. The van der Waals surface area contributed by atoms with E-state index in [1.807, 2.05) is 39.0 Å². The Bertz CT molecular complexity index is 485. The topological polar surface area (TPSA) is 50.4 Å². The van der Waals surface area contributed by atoms with Crippen molar-refractivity contribution in [2.75, 3.05) is 11.9 Å². The van der Waals surface area contributed by atoms with Gasteiger partial charge >= 0.3 is 0 Å². The van der Waals surface area contributed by atoms with E-state index < -0.39 is 0 Å². The molecule has 2 N–H and O–H groups in total. The van der Waals surface area contributed by atoms with Gasteiger partial charge in [-0.1, -0.05) is 0 Å². The molecule has 2 unspecified atom stereocenters. The second-order valence-electron chi connectivity index (χ2n) is 5.77. The molecule has 1 amide bonds. The van der Waals surface area contributed by atoms with Crippen LogP contribution in [0.1, 0.15) is 32.8 Å². The standard InChI is InChI=1S/C16H24N2O2/c1-10(2)20-13-5-6-15(11(3)9-13)18-16(19)14-7-8-17-12(14)4/h5-6,9-10,12,14,17H,7-8H2,1-4H3,(H,18,19). The Balaban J connectivity index is 2.04. The van der Waals surface area contributed by atoms with Crippen LogP contribution in [0.15, 0.2) is 18.2 Å². The molecule has 0 aliphatic carbocycles. The lowest BCUT2D eigenvalue weighted by Crippen LogP contribution is -2.32. The highest BCUT2D eigenvalue weighted by Gasteiger charge is 2.29. The van der Waals surface area contributed by atoms with Crippen LogP contribution in [0, 0.1) is 12.8 Å². The zero-order valence-electron chi connectivity index (χ0n) is 12.7.